The molecule has 3 heteroatoms. The zero-order valence-corrected chi connectivity index (χ0v) is 10.4. The molecule has 0 radical (unpaired) electrons. The van der Waals surface area contributed by atoms with Gasteiger partial charge in [-0.25, -0.2) is 0 Å². The van der Waals surface area contributed by atoms with E-state index in [0.29, 0.717) is 12.6 Å². The Balaban J connectivity index is 2.17. The molecule has 0 aromatic rings. The first-order chi connectivity index (χ1) is 7.13. The van der Waals surface area contributed by atoms with Gasteiger partial charge < -0.3 is 10.4 Å². The van der Waals surface area contributed by atoms with Crippen molar-refractivity contribution in [1.29, 1.82) is 0 Å². The highest BCUT2D eigenvalue weighted by molar-refractivity contribution is 4.85. The molecule has 3 nitrogen and oxygen atoms in total. The number of aliphatic hydroxyl groups is 1. The largest absolute Gasteiger partial charge is 0.390 e. The minimum absolute atomic E-state index is 0.223. The maximum atomic E-state index is 9.87. The van der Waals surface area contributed by atoms with Crippen LogP contribution in [-0.2, 0) is 0 Å². The lowest BCUT2D eigenvalue weighted by atomic mass is 10.2. The number of hydrogen-bond acceptors (Lipinski definition) is 3. The zero-order valence-electron chi connectivity index (χ0n) is 10.4. The van der Waals surface area contributed by atoms with E-state index in [1.54, 1.807) is 0 Å². The topological polar surface area (TPSA) is 35.5 Å². The van der Waals surface area contributed by atoms with Crippen LogP contribution in [-0.4, -0.2) is 47.8 Å². The van der Waals surface area contributed by atoms with E-state index in [1.165, 1.54) is 19.3 Å². The van der Waals surface area contributed by atoms with Gasteiger partial charge in [-0.05, 0) is 25.8 Å². The predicted molar refractivity (Wildman–Crippen MR) is 64.0 cm³/mol. The van der Waals surface area contributed by atoms with Crippen molar-refractivity contribution in [3.63, 3.8) is 0 Å². The van der Waals surface area contributed by atoms with Gasteiger partial charge in [-0.2, -0.15) is 0 Å². The van der Waals surface area contributed by atoms with E-state index in [9.17, 15) is 5.11 Å². The molecule has 1 rings (SSSR count). The van der Waals surface area contributed by atoms with Crippen molar-refractivity contribution in [3.05, 3.63) is 0 Å². The van der Waals surface area contributed by atoms with Gasteiger partial charge >= 0.3 is 0 Å². The van der Waals surface area contributed by atoms with Gasteiger partial charge in [-0.3, -0.25) is 4.90 Å². The highest BCUT2D eigenvalue weighted by atomic mass is 16.3. The molecule has 0 aliphatic heterocycles. The van der Waals surface area contributed by atoms with Gasteiger partial charge in [0.05, 0.1) is 6.10 Å². The van der Waals surface area contributed by atoms with Crippen molar-refractivity contribution in [1.82, 2.24) is 10.2 Å². The van der Waals surface area contributed by atoms with Gasteiger partial charge in [0.1, 0.15) is 0 Å². The first kappa shape index (κ1) is 12.9. The van der Waals surface area contributed by atoms with E-state index in [0.717, 1.165) is 19.1 Å². The Morgan fingerprint density at radius 1 is 1.40 bits per heavy atom. The molecule has 1 atom stereocenters. The highest BCUT2D eigenvalue weighted by Crippen LogP contribution is 2.26. The molecule has 0 aromatic carbocycles. The van der Waals surface area contributed by atoms with Crippen LogP contribution in [0, 0.1) is 0 Å². The number of aliphatic hydroxyl groups excluding tert-OH is 1. The monoisotopic (exact) mass is 214 g/mol. The zero-order chi connectivity index (χ0) is 11.3. The fourth-order valence-corrected chi connectivity index (χ4v) is 1.86. The second-order valence-corrected chi connectivity index (χ2v) is 4.94. The quantitative estimate of drug-likeness (QED) is 0.638. The fourth-order valence-electron chi connectivity index (χ4n) is 1.86. The van der Waals surface area contributed by atoms with Crippen LogP contribution in [0.1, 0.15) is 40.0 Å². The average Bonchev–Trinajstić information content (AvgIpc) is 2.97. The van der Waals surface area contributed by atoms with Crippen LogP contribution >= 0.6 is 0 Å². The lowest BCUT2D eigenvalue weighted by Crippen LogP contribution is -2.41. The van der Waals surface area contributed by atoms with Crippen LogP contribution in [0.4, 0.5) is 0 Å². The SMILES string of the molecule is CCCN(CC(O)CNC(C)C)C1CC1. The standard InChI is InChI=1S/C12H26N2O/c1-4-7-14(11-5-6-11)9-12(15)8-13-10(2)3/h10-13,15H,4-9H2,1-3H3. The van der Waals surface area contributed by atoms with E-state index in [4.69, 9.17) is 0 Å². The molecule has 0 bridgehead atoms. The van der Waals surface area contributed by atoms with Gasteiger partial charge in [0.25, 0.3) is 0 Å². The molecule has 0 aromatic heterocycles. The van der Waals surface area contributed by atoms with E-state index in [2.05, 4.69) is 31.0 Å². The van der Waals surface area contributed by atoms with Gasteiger partial charge in [0.15, 0.2) is 0 Å². The van der Waals surface area contributed by atoms with Crippen molar-refractivity contribution in [2.24, 2.45) is 0 Å². The first-order valence-corrected chi connectivity index (χ1v) is 6.29. The summed E-state index contributed by atoms with van der Waals surface area (Å²) in [5.41, 5.74) is 0. The second kappa shape index (κ2) is 6.46. The number of nitrogens with zero attached hydrogens (tertiary/aromatic N) is 1. The van der Waals surface area contributed by atoms with Crippen molar-refractivity contribution in [2.45, 2.75) is 58.2 Å². The Bertz CT molecular complexity index is 169. The van der Waals surface area contributed by atoms with Gasteiger partial charge in [-0.1, -0.05) is 20.8 Å². The second-order valence-electron chi connectivity index (χ2n) is 4.94. The molecule has 15 heavy (non-hydrogen) atoms. The summed E-state index contributed by atoms with van der Waals surface area (Å²) in [5.74, 6) is 0. The summed E-state index contributed by atoms with van der Waals surface area (Å²) in [7, 11) is 0. The summed E-state index contributed by atoms with van der Waals surface area (Å²) < 4.78 is 0. The van der Waals surface area contributed by atoms with Crippen LogP contribution in [0.15, 0.2) is 0 Å². The van der Waals surface area contributed by atoms with Gasteiger partial charge in [-0.15, -0.1) is 0 Å². The molecule has 1 fully saturated rings. The minimum atomic E-state index is -0.223. The van der Waals surface area contributed by atoms with Crippen molar-refractivity contribution >= 4 is 0 Å². The third-order valence-corrected chi connectivity index (χ3v) is 2.78. The summed E-state index contributed by atoms with van der Waals surface area (Å²) in [6, 6.07) is 1.22. The van der Waals surface area contributed by atoms with Crippen molar-refractivity contribution < 1.29 is 5.11 Å². The number of rotatable bonds is 8. The molecule has 1 aliphatic carbocycles. The van der Waals surface area contributed by atoms with Gasteiger partial charge in [0.2, 0.25) is 0 Å². The molecule has 90 valence electrons. The van der Waals surface area contributed by atoms with Crippen LogP contribution in [0.25, 0.3) is 0 Å². The molecule has 1 aliphatic rings. The summed E-state index contributed by atoms with van der Waals surface area (Å²) in [5, 5.41) is 13.1. The van der Waals surface area contributed by atoms with Crippen molar-refractivity contribution in [2.75, 3.05) is 19.6 Å². The minimum Gasteiger partial charge on any atom is -0.390 e. The van der Waals surface area contributed by atoms with E-state index in [-0.39, 0.29) is 6.10 Å². The molecule has 0 spiro atoms. The smallest absolute Gasteiger partial charge is 0.0791 e. The van der Waals surface area contributed by atoms with Crippen LogP contribution < -0.4 is 5.32 Å². The van der Waals surface area contributed by atoms with Crippen LogP contribution in [0.3, 0.4) is 0 Å². The predicted octanol–water partition coefficient (Wildman–Crippen LogP) is 1.22. The average molecular weight is 214 g/mol. The van der Waals surface area contributed by atoms with Gasteiger partial charge in [0, 0.05) is 25.2 Å². The Morgan fingerprint density at radius 3 is 2.53 bits per heavy atom. The Kier molecular flexibility index (Phi) is 5.58. The summed E-state index contributed by atoms with van der Waals surface area (Å²) in [4.78, 5) is 2.44. The third kappa shape index (κ3) is 5.50. The Morgan fingerprint density at radius 2 is 2.07 bits per heavy atom. The molecule has 0 heterocycles. The molecule has 0 saturated heterocycles. The molecule has 0 amide bonds. The lowest BCUT2D eigenvalue weighted by Gasteiger charge is -2.25. The van der Waals surface area contributed by atoms with Crippen molar-refractivity contribution in [3.8, 4) is 0 Å². The molecule has 1 unspecified atom stereocenters. The maximum Gasteiger partial charge on any atom is 0.0791 e. The summed E-state index contributed by atoms with van der Waals surface area (Å²) in [6.07, 6.45) is 3.61. The van der Waals surface area contributed by atoms with E-state index >= 15 is 0 Å². The highest BCUT2D eigenvalue weighted by Gasteiger charge is 2.29. The lowest BCUT2D eigenvalue weighted by molar-refractivity contribution is 0.105. The molecular weight excluding hydrogens is 188 g/mol. The number of nitrogens with one attached hydrogen (secondary N) is 1. The molecule has 1 saturated carbocycles. The van der Waals surface area contributed by atoms with Crippen LogP contribution in [0.2, 0.25) is 0 Å². The summed E-state index contributed by atoms with van der Waals surface area (Å²) in [6.45, 7) is 9.09. The molecular formula is C12H26N2O. The third-order valence-electron chi connectivity index (χ3n) is 2.78. The maximum absolute atomic E-state index is 9.87. The van der Waals surface area contributed by atoms with E-state index < -0.39 is 0 Å². The first-order valence-electron chi connectivity index (χ1n) is 6.29. The summed E-state index contributed by atoms with van der Waals surface area (Å²) >= 11 is 0. The molecule has 2 N–H and O–H groups in total. The fraction of sp³-hybridized carbons (Fsp3) is 1.00. The van der Waals surface area contributed by atoms with E-state index in [1.807, 2.05) is 0 Å². The number of hydrogen-bond donors (Lipinski definition) is 2. The Hall–Kier alpha value is -0.120. The van der Waals surface area contributed by atoms with Crippen LogP contribution in [0.5, 0.6) is 0 Å². The normalized spacial score (nSPS) is 18.8. The Labute approximate surface area is 93.9 Å².